The molecule has 0 aliphatic carbocycles. The summed E-state index contributed by atoms with van der Waals surface area (Å²) in [7, 11) is 0. The quantitative estimate of drug-likeness (QED) is 0.317. The molecule has 0 fully saturated rings. The van der Waals surface area contributed by atoms with Gasteiger partial charge in [0.05, 0.1) is 11.0 Å². The lowest BCUT2D eigenvalue weighted by atomic mass is 10.00. The maximum Gasteiger partial charge on any atom is 0.123 e. The maximum atomic E-state index is 13.3. The number of pyridine rings is 2. The van der Waals surface area contributed by atoms with Gasteiger partial charge in [-0.3, -0.25) is 9.97 Å². The highest BCUT2D eigenvalue weighted by Gasteiger charge is 2.10. The summed E-state index contributed by atoms with van der Waals surface area (Å²) in [6, 6.07) is 21.0. The van der Waals surface area contributed by atoms with Crippen LogP contribution in [0, 0.1) is 18.6 Å². The molecule has 140 valence electrons. The first kappa shape index (κ1) is 17.4. The maximum absolute atomic E-state index is 13.3. The van der Waals surface area contributed by atoms with Crippen LogP contribution in [-0.4, -0.2) is 9.97 Å². The molecule has 2 nitrogen and oxygen atoms in total. The number of aromatic nitrogens is 2. The molecule has 0 aliphatic rings. The number of fused-ring (bicyclic) bond motifs is 3. The zero-order valence-electron chi connectivity index (χ0n) is 15.7. The number of rotatable bonds is 2. The Kier molecular flexibility index (Phi) is 4.06. The first-order chi connectivity index (χ1) is 14.1. The molecule has 5 rings (SSSR count). The van der Waals surface area contributed by atoms with Gasteiger partial charge in [-0.1, -0.05) is 36.4 Å². The molecule has 0 bridgehead atoms. The summed E-state index contributed by atoms with van der Waals surface area (Å²) >= 11 is 0. The lowest BCUT2D eigenvalue weighted by molar-refractivity contribution is 0.627. The molecule has 0 N–H and O–H groups in total. The summed E-state index contributed by atoms with van der Waals surface area (Å²) in [6.07, 6.45) is 1.79. The van der Waals surface area contributed by atoms with Crippen LogP contribution < -0.4 is 0 Å². The Hall–Kier alpha value is -3.66. The molecule has 0 spiro atoms. The van der Waals surface area contributed by atoms with Crippen molar-refractivity contribution in [2.75, 3.05) is 0 Å². The van der Waals surface area contributed by atoms with E-state index < -0.39 is 0 Å². The first-order valence-corrected chi connectivity index (χ1v) is 9.30. The van der Waals surface area contributed by atoms with Gasteiger partial charge in [-0.25, -0.2) is 8.78 Å². The van der Waals surface area contributed by atoms with Gasteiger partial charge in [0.25, 0.3) is 0 Å². The third-order valence-corrected chi connectivity index (χ3v) is 5.16. The fourth-order valence-electron chi connectivity index (χ4n) is 3.65. The summed E-state index contributed by atoms with van der Waals surface area (Å²) in [6.45, 7) is 1.95. The van der Waals surface area contributed by atoms with Crippen LogP contribution in [0.4, 0.5) is 8.78 Å². The minimum Gasteiger partial charge on any atom is -0.253 e. The molecule has 0 amide bonds. The number of hydrogen-bond donors (Lipinski definition) is 0. The van der Waals surface area contributed by atoms with Gasteiger partial charge >= 0.3 is 0 Å². The van der Waals surface area contributed by atoms with Gasteiger partial charge in [0, 0.05) is 33.8 Å². The van der Waals surface area contributed by atoms with E-state index in [0.29, 0.717) is 0 Å². The largest absolute Gasteiger partial charge is 0.253 e. The standard InChI is InChI=1S/C25H16F2N2/c1-15-23(17-6-10-22(27)11-7-17)13-19-3-2-18-12-20(14-28-24(18)25(19)29-15)16-4-8-21(26)9-5-16/h2-14H,1H3. The molecule has 0 unspecified atom stereocenters. The van der Waals surface area contributed by atoms with Crippen LogP contribution in [0.2, 0.25) is 0 Å². The van der Waals surface area contributed by atoms with Crippen molar-refractivity contribution in [2.24, 2.45) is 0 Å². The van der Waals surface area contributed by atoms with Crippen molar-refractivity contribution >= 4 is 21.8 Å². The fourth-order valence-corrected chi connectivity index (χ4v) is 3.65. The Morgan fingerprint density at radius 1 is 0.621 bits per heavy atom. The van der Waals surface area contributed by atoms with Crippen LogP contribution in [0.3, 0.4) is 0 Å². The Morgan fingerprint density at radius 3 is 1.86 bits per heavy atom. The van der Waals surface area contributed by atoms with Gasteiger partial charge in [-0.05, 0) is 54.4 Å². The Morgan fingerprint density at radius 2 is 1.21 bits per heavy atom. The van der Waals surface area contributed by atoms with Crippen molar-refractivity contribution in [3.63, 3.8) is 0 Å². The third kappa shape index (κ3) is 3.13. The molecule has 29 heavy (non-hydrogen) atoms. The second-order valence-electron chi connectivity index (χ2n) is 7.07. The van der Waals surface area contributed by atoms with E-state index in [4.69, 9.17) is 4.98 Å². The predicted molar refractivity (Wildman–Crippen MR) is 113 cm³/mol. The second kappa shape index (κ2) is 6.74. The van der Waals surface area contributed by atoms with Crippen molar-refractivity contribution < 1.29 is 8.78 Å². The average molecular weight is 382 g/mol. The molecule has 4 heteroatoms. The zero-order chi connectivity index (χ0) is 20.0. The van der Waals surface area contributed by atoms with Crippen molar-refractivity contribution in [2.45, 2.75) is 6.92 Å². The van der Waals surface area contributed by atoms with Crippen LogP contribution in [-0.2, 0) is 0 Å². The van der Waals surface area contributed by atoms with Crippen LogP contribution in [0.5, 0.6) is 0 Å². The van der Waals surface area contributed by atoms with E-state index in [9.17, 15) is 8.78 Å². The van der Waals surface area contributed by atoms with Crippen LogP contribution in [0.1, 0.15) is 5.69 Å². The second-order valence-corrected chi connectivity index (χ2v) is 7.07. The van der Waals surface area contributed by atoms with E-state index in [1.54, 1.807) is 30.5 Å². The van der Waals surface area contributed by atoms with Crippen LogP contribution in [0.25, 0.3) is 44.1 Å². The molecular weight excluding hydrogens is 366 g/mol. The van der Waals surface area contributed by atoms with Crippen molar-refractivity contribution in [1.82, 2.24) is 9.97 Å². The van der Waals surface area contributed by atoms with Gasteiger partial charge < -0.3 is 0 Å². The van der Waals surface area contributed by atoms with E-state index in [1.807, 2.05) is 25.1 Å². The fraction of sp³-hybridized carbons (Fsp3) is 0.0400. The Balaban J connectivity index is 1.65. The molecule has 0 atom stereocenters. The highest BCUT2D eigenvalue weighted by atomic mass is 19.1. The van der Waals surface area contributed by atoms with Crippen molar-refractivity contribution in [3.05, 3.63) is 96.3 Å². The minimum atomic E-state index is -0.259. The summed E-state index contributed by atoms with van der Waals surface area (Å²) in [5.41, 5.74) is 6.26. The van der Waals surface area contributed by atoms with E-state index >= 15 is 0 Å². The minimum absolute atomic E-state index is 0.257. The smallest absolute Gasteiger partial charge is 0.123 e. The van der Waals surface area contributed by atoms with Gasteiger partial charge in [-0.2, -0.15) is 0 Å². The van der Waals surface area contributed by atoms with Crippen LogP contribution >= 0.6 is 0 Å². The lowest BCUT2D eigenvalue weighted by Gasteiger charge is -2.10. The SMILES string of the molecule is Cc1nc2c(ccc3cc(-c4ccc(F)cc4)cnc32)cc1-c1ccc(F)cc1. The van der Waals surface area contributed by atoms with E-state index in [-0.39, 0.29) is 11.6 Å². The molecular formula is C25H16F2N2. The van der Waals surface area contributed by atoms with Crippen LogP contribution in [0.15, 0.2) is 79.0 Å². The number of hydrogen-bond acceptors (Lipinski definition) is 2. The van der Waals surface area contributed by atoms with E-state index in [1.165, 1.54) is 24.3 Å². The van der Waals surface area contributed by atoms with Gasteiger partial charge in [-0.15, -0.1) is 0 Å². The van der Waals surface area contributed by atoms with E-state index in [0.717, 1.165) is 49.8 Å². The Bertz CT molecular complexity index is 1360. The topological polar surface area (TPSA) is 25.8 Å². The summed E-state index contributed by atoms with van der Waals surface area (Å²) in [5, 5.41) is 1.95. The third-order valence-electron chi connectivity index (χ3n) is 5.16. The molecule has 3 aromatic carbocycles. The lowest BCUT2D eigenvalue weighted by Crippen LogP contribution is -1.93. The summed E-state index contributed by atoms with van der Waals surface area (Å²) in [4.78, 5) is 9.47. The first-order valence-electron chi connectivity index (χ1n) is 9.30. The van der Waals surface area contributed by atoms with Crippen molar-refractivity contribution in [3.8, 4) is 22.3 Å². The van der Waals surface area contributed by atoms with Gasteiger partial charge in [0.15, 0.2) is 0 Å². The summed E-state index contributed by atoms with van der Waals surface area (Å²) < 4.78 is 26.5. The predicted octanol–water partition coefficient (Wildman–Crippen LogP) is 6.70. The number of halogens is 2. The molecule has 2 aromatic heterocycles. The average Bonchev–Trinajstić information content (AvgIpc) is 2.74. The molecule has 0 aliphatic heterocycles. The molecule has 0 saturated heterocycles. The van der Waals surface area contributed by atoms with Gasteiger partial charge in [0.2, 0.25) is 0 Å². The zero-order valence-corrected chi connectivity index (χ0v) is 15.7. The molecule has 5 aromatic rings. The highest BCUT2D eigenvalue weighted by molar-refractivity contribution is 6.04. The van der Waals surface area contributed by atoms with E-state index in [2.05, 4.69) is 11.1 Å². The normalized spacial score (nSPS) is 11.3. The number of aryl methyl sites for hydroxylation is 1. The molecule has 0 radical (unpaired) electrons. The highest BCUT2D eigenvalue weighted by Crippen LogP contribution is 2.31. The molecule has 2 heterocycles. The van der Waals surface area contributed by atoms with Crippen molar-refractivity contribution in [1.29, 1.82) is 0 Å². The van der Waals surface area contributed by atoms with Gasteiger partial charge in [0.1, 0.15) is 11.6 Å². The monoisotopic (exact) mass is 382 g/mol. The molecule has 0 saturated carbocycles. The summed E-state index contributed by atoms with van der Waals surface area (Å²) in [5.74, 6) is -0.516. The number of nitrogens with zero attached hydrogens (tertiary/aromatic N) is 2. The number of benzene rings is 3. The Labute approximate surface area is 166 Å².